The van der Waals surface area contributed by atoms with Gasteiger partial charge in [0.05, 0.1) is 6.61 Å². The molecule has 2 atom stereocenters. The Bertz CT molecular complexity index is 489. The maximum atomic E-state index is 10.3. The van der Waals surface area contributed by atoms with Crippen molar-refractivity contribution >= 4 is 0 Å². The highest BCUT2D eigenvalue weighted by Gasteiger charge is 2.29. The third-order valence-electron chi connectivity index (χ3n) is 4.50. The first-order valence-electron chi connectivity index (χ1n) is 7.95. The van der Waals surface area contributed by atoms with Crippen LogP contribution in [0.2, 0.25) is 0 Å². The van der Waals surface area contributed by atoms with Gasteiger partial charge in [0.1, 0.15) is 11.9 Å². The van der Waals surface area contributed by atoms with Gasteiger partial charge in [0.25, 0.3) is 0 Å². The lowest BCUT2D eigenvalue weighted by atomic mass is 10.1. The summed E-state index contributed by atoms with van der Waals surface area (Å²) >= 11 is 0. The molecule has 1 heterocycles. The maximum absolute atomic E-state index is 10.3. The van der Waals surface area contributed by atoms with Crippen LogP contribution in [0.5, 0.6) is 5.75 Å². The van der Waals surface area contributed by atoms with Crippen LogP contribution in [0.4, 0.5) is 0 Å². The predicted octanol–water partition coefficient (Wildman–Crippen LogP) is 1.98. The van der Waals surface area contributed by atoms with Gasteiger partial charge in [0.15, 0.2) is 0 Å². The zero-order valence-electron chi connectivity index (χ0n) is 12.9. The molecule has 0 saturated carbocycles. The van der Waals surface area contributed by atoms with E-state index in [9.17, 15) is 5.11 Å². The fraction of sp³-hybridized carbons (Fsp3) is 0.647. The number of hydrogen-bond donors (Lipinski definition) is 1. The van der Waals surface area contributed by atoms with Crippen molar-refractivity contribution in [2.24, 2.45) is 0 Å². The lowest BCUT2D eigenvalue weighted by Gasteiger charge is -2.37. The van der Waals surface area contributed by atoms with Crippen LogP contribution in [0.1, 0.15) is 31.4 Å². The molecule has 0 spiro atoms. The molecule has 4 heteroatoms. The Morgan fingerprint density at radius 1 is 1.29 bits per heavy atom. The molecule has 1 aromatic rings. The molecule has 4 nitrogen and oxygen atoms in total. The van der Waals surface area contributed by atoms with E-state index in [0.717, 1.165) is 25.1 Å². The van der Waals surface area contributed by atoms with Crippen LogP contribution < -0.4 is 4.74 Å². The molecule has 1 aliphatic heterocycles. The molecule has 1 aromatic carbocycles. The predicted molar refractivity (Wildman–Crippen MR) is 81.6 cm³/mol. The number of benzene rings is 1. The van der Waals surface area contributed by atoms with Crippen LogP contribution in [0.25, 0.3) is 0 Å². The van der Waals surface area contributed by atoms with Gasteiger partial charge in [-0.15, -0.1) is 0 Å². The number of morpholine rings is 1. The summed E-state index contributed by atoms with van der Waals surface area (Å²) < 4.78 is 11.4. The SMILES string of the molecule is CC(C)N1CCOC(C(O)Oc2ccc3c(c2)CCC3)C1. The molecule has 0 bridgehead atoms. The van der Waals surface area contributed by atoms with E-state index in [0.29, 0.717) is 19.2 Å². The fourth-order valence-electron chi connectivity index (χ4n) is 3.17. The van der Waals surface area contributed by atoms with Crippen molar-refractivity contribution in [2.75, 3.05) is 19.7 Å². The number of fused-ring (bicyclic) bond motifs is 1. The molecule has 1 saturated heterocycles. The van der Waals surface area contributed by atoms with Gasteiger partial charge in [0.2, 0.25) is 6.29 Å². The van der Waals surface area contributed by atoms with E-state index in [1.807, 2.05) is 6.07 Å². The Morgan fingerprint density at radius 3 is 2.90 bits per heavy atom. The summed E-state index contributed by atoms with van der Waals surface area (Å²) in [5.41, 5.74) is 2.77. The standard InChI is InChI=1S/C17H25NO3/c1-12(2)18-8-9-20-16(11-18)17(19)21-15-7-6-13-4-3-5-14(13)10-15/h6-7,10,12,16-17,19H,3-5,8-9,11H2,1-2H3. The molecule has 0 amide bonds. The molecular formula is C17H25NO3. The van der Waals surface area contributed by atoms with Gasteiger partial charge in [-0.3, -0.25) is 4.90 Å². The molecule has 0 radical (unpaired) electrons. The Morgan fingerprint density at radius 2 is 2.10 bits per heavy atom. The molecule has 3 rings (SSSR count). The molecule has 1 N–H and O–H groups in total. The molecular weight excluding hydrogens is 266 g/mol. The molecule has 21 heavy (non-hydrogen) atoms. The van der Waals surface area contributed by atoms with Crippen LogP contribution in [-0.4, -0.2) is 48.1 Å². The lowest BCUT2D eigenvalue weighted by molar-refractivity contribution is -0.160. The molecule has 0 aromatic heterocycles. The van der Waals surface area contributed by atoms with Crippen LogP contribution in [0, 0.1) is 0 Å². The number of aryl methyl sites for hydroxylation is 2. The van der Waals surface area contributed by atoms with Gasteiger partial charge in [0, 0.05) is 19.1 Å². The highest BCUT2D eigenvalue weighted by atomic mass is 16.6. The summed E-state index contributed by atoms with van der Waals surface area (Å²) in [4.78, 5) is 2.31. The Balaban J connectivity index is 1.61. The van der Waals surface area contributed by atoms with E-state index in [1.165, 1.54) is 17.5 Å². The van der Waals surface area contributed by atoms with E-state index < -0.39 is 6.29 Å². The Labute approximate surface area is 126 Å². The van der Waals surface area contributed by atoms with E-state index >= 15 is 0 Å². The minimum atomic E-state index is -0.911. The minimum absolute atomic E-state index is 0.283. The third kappa shape index (κ3) is 3.39. The summed E-state index contributed by atoms with van der Waals surface area (Å²) in [6.45, 7) is 6.60. The summed E-state index contributed by atoms with van der Waals surface area (Å²) in [6.07, 6.45) is 2.30. The highest BCUT2D eigenvalue weighted by Crippen LogP contribution is 2.27. The Hall–Kier alpha value is -1.10. The highest BCUT2D eigenvalue weighted by molar-refractivity contribution is 5.38. The number of ether oxygens (including phenoxy) is 2. The fourth-order valence-corrected chi connectivity index (χ4v) is 3.17. The topological polar surface area (TPSA) is 41.9 Å². The van der Waals surface area contributed by atoms with E-state index in [1.54, 1.807) is 0 Å². The molecule has 1 fully saturated rings. The quantitative estimate of drug-likeness (QED) is 0.861. The first-order valence-corrected chi connectivity index (χ1v) is 7.95. The maximum Gasteiger partial charge on any atom is 0.225 e. The number of aliphatic hydroxyl groups is 1. The lowest BCUT2D eigenvalue weighted by Crippen LogP contribution is -2.51. The van der Waals surface area contributed by atoms with Gasteiger partial charge < -0.3 is 14.6 Å². The van der Waals surface area contributed by atoms with Crippen LogP contribution in [0.3, 0.4) is 0 Å². The molecule has 2 aliphatic rings. The van der Waals surface area contributed by atoms with Crippen molar-refractivity contribution in [3.63, 3.8) is 0 Å². The van der Waals surface area contributed by atoms with Crippen LogP contribution >= 0.6 is 0 Å². The molecule has 1 aliphatic carbocycles. The second-order valence-corrected chi connectivity index (χ2v) is 6.29. The summed E-state index contributed by atoms with van der Waals surface area (Å²) in [5, 5.41) is 10.3. The number of hydrogen-bond acceptors (Lipinski definition) is 4. The van der Waals surface area contributed by atoms with E-state index in [4.69, 9.17) is 9.47 Å². The summed E-state index contributed by atoms with van der Waals surface area (Å²) in [7, 11) is 0. The second-order valence-electron chi connectivity index (χ2n) is 6.29. The van der Waals surface area contributed by atoms with E-state index in [2.05, 4.69) is 30.9 Å². The second kappa shape index (κ2) is 6.34. The van der Waals surface area contributed by atoms with Gasteiger partial charge in [-0.1, -0.05) is 6.07 Å². The monoisotopic (exact) mass is 291 g/mol. The van der Waals surface area contributed by atoms with Gasteiger partial charge in [-0.25, -0.2) is 0 Å². The third-order valence-corrected chi connectivity index (χ3v) is 4.50. The van der Waals surface area contributed by atoms with Gasteiger partial charge in [-0.2, -0.15) is 0 Å². The van der Waals surface area contributed by atoms with Crippen LogP contribution in [0.15, 0.2) is 18.2 Å². The van der Waals surface area contributed by atoms with Crippen molar-refractivity contribution in [2.45, 2.75) is 51.5 Å². The molecule has 116 valence electrons. The van der Waals surface area contributed by atoms with E-state index in [-0.39, 0.29) is 6.10 Å². The number of aliphatic hydroxyl groups excluding tert-OH is 1. The van der Waals surface area contributed by atoms with Gasteiger partial charge in [-0.05, 0) is 56.4 Å². The summed E-state index contributed by atoms with van der Waals surface area (Å²) in [6, 6.07) is 6.60. The summed E-state index contributed by atoms with van der Waals surface area (Å²) in [5.74, 6) is 0.744. The first-order chi connectivity index (χ1) is 10.1. The average molecular weight is 291 g/mol. The zero-order chi connectivity index (χ0) is 14.8. The number of nitrogens with zero attached hydrogens (tertiary/aromatic N) is 1. The zero-order valence-corrected chi connectivity index (χ0v) is 12.9. The van der Waals surface area contributed by atoms with Crippen molar-refractivity contribution in [3.05, 3.63) is 29.3 Å². The number of rotatable bonds is 4. The normalized spacial score (nSPS) is 24.1. The largest absolute Gasteiger partial charge is 0.462 e. The smallest absolute Gasteiger partial charge is 0.225 e. The van der Waals surface area contributed by atoms with Crippen LogP contribution in [-0.2, 0) is 17.6 Å². The average Bonchev–Trinajstić information content (AvgIpc) is 2.95. The Kier molecular flexibility index (Phi) is 4.48. The van der Waals surface area contributed by atoms with Gasteiger partial charge >= 0.3 is 0 Å². The first kappa shape index (κ1) is 14.8. The van der Waals surface area contributed by atoms with Crippen molar-refractivity contribution in [1.29, 1.82) is 0 Å². The minimum Gasteiger partial charge on any atom is -0.462 e. The van der Waals surface area contributed by atoms with Crippen molar-refractivity contribution < 1.29 is 14.6 Å². The van der Waals surface area contributed by atoms with Crippen molar-refractivity contribution in [3.8, 4) is 5.75 Å². The van der Waals surface area contributed by atoms with Crippen molar-refractivity contribution in [1.82, 2.24) is 4.90 Å². The molecule has 2 unspecified atom stereocenters.